The molecule has 0 aliphatic rings. The first kappa shape index (κ1) is 8.74. The Balaban J connectivity index is 2.89. The largest absolute Gasteiger partial charge is 0.481 e. The summed E-state index contributed by atoms with van der Waals surface area (Å²) in [6.45, 7) is 0.526. The summed E-state index contributed by atoms with van der Waals surface area (Å²) in [5.41, 5.74) is 6.27. The third-order valence-electron chi connectivity index (χ3n) is 1.43. The Labute approximate surface area is 71.9 Å². The Bertz CT molecular complexity index is 271. The van der Waals surface area contributed by atoms with Gasteiger partial charge in [0.25, 0.3) is 0 Å². The van der Waals surface area contributed by atoms with E-state index in [9.17, 15) is 0 Å². The van der Waals surface area contributed by atoms with Crippen LogP contribution in [0, 0.1) is 0 Å². The van der Waals surface area contributed by atoms with E-state index in [1.54, 1.807) is 13.3 Å². The van der Waals surface area contributed by atoms with Gasteiger partial charge >= 0.3 is 0 Å². The van der Waals surface area contributed by atoms with E-state index in [1.165, 1.54) is 0 Å². The van der Waals surface area contributed by atoms with Crippen LogP contribution in [0.1, 0.15) is 5.56 Å². The number of nitrogens with two attached hydrogens (primary N) is 1. The van der Waals surface area contributed by atoms with E-state index in [1.807, 2.05) is 24.3 Å². The topological polar surface area (TPSA) is 48.1 Å². The van der Waals surface area contributed by atoms with Gasteiger partial charge in [0.05, 0.1) is 7.11 Å². The van der Waals surface area contributed by atoms with Crippen LogP contribution in [0.2, 0.25) is 0 Å². The molecule has 1 heterocycles. The van der Waals surface area contributed by atoms with E-state index in [-0.39, 0.29) is 0 Å². The molecule has 2 N–H and O–H groups in total. The molecule has 0 unspecified atom stereocenters. The monoisotopic (exact) mass is 164 g/mol. The summed E-state index contributed by atoms with van der Waals surface area (Å²) in [5, 5.41) is 0. The second-order valence-electron chi connectivity index (χ2n) is 2.24. The molecule has 0 aromatic carbocycles. The Morgan fingerprint density at radius 2 is 2.50 bits per heavy atom. The molecule has 0 aliphatic heterocycles. The van der Waals surface area contributed by atoms with Crippen molar-refractivity contribution in [2.45, 2.75) is 0 Å². The van der Waals surface area contributed by atoms with Gasteiger partial charge in [-0.05, 0) is 12.1 Å². The fraction of sp³-hybridized carbons (Fsp3) is 0.222. The lowest BCUT2D eigenvalue weighted by molar-refractivity contribution is 0.397. The predicted octanol–water partition coefficient (Wildman–Crippen LogP) is 1.06. The van der Waals surface area contributed by atoms with Crippen LogP contribution in [0.3, 0.4) is 0 Å². The molecule has 1 aromatic heterocycles. The van der Waals surface area contributed by atoms with Gasteiger partial charge in [-0.2, -0.15) is 0 Å². The molecule has 0 bridgehead atoms. The van der Waals surface area contributed by atoms with Gasteiger partial charge in [0.2, 0.25) is 5.88 Å². The SMILES string of the molecule is COc1ncccc1C=CCN. The second-order valence-corrected chi connectivity index (χ2v) is 2.24. The van der Waals surface area contributed by atoms with Crippen LogP contribution in [0.5, 0.6) is 5.88 Å². The maximum atomic E-state index is 5.32. The molecule has 3 nitrogen and oxygen atoms in total. The van der Waals surface area contributed by atoms with Crippen molar-refractivity contribution in [3.8, 4) is 5.88 Å². The van der Waals surface area contributed by atoms with Crippen molar-refractivity contribution in [3.05, 3.63) is 30.0 Å². The lowest BCUT2D eigenvalue weighted by Gasteiger charge is -2.00. The summed E-state index contributed by atoms with van der Waals surface area (Å²) in [4.78, 5) is 4.04. The van der Waals surface area contributed by atoms with E-state index >= 15 is 0 Å². The van der Waals surface area contributed by atoms with Crippen molar-refractivity contribution in [2.75, 3.05) is 13.7 Å². The highest BCUT2D eigenvalue weighted by Crippen LogP contribution is 2.14. The molecule has 3 heteroatoms. The van der Waals surface area contributed by atoms with Gasteiger partial charge in [-0.15, -0.1) is 0 Å². The average Bonchev–Trinajstić information content (AvgIpc) is 2.15. The first-order valence-electron chi connectivity index (χ1n) is 3.74. The third kappa shape index (κ3) is 2.07. The number of nitrogens with zero attached hydrogens (tertiary/aromatic N) is 1. The molecule has 1 rings (SSSR count). The summed E-state index contributed by atoms with van der Waals surface area (Å²) in [6, 6.07) is 3.79. The van der Waals surface area contributed by atoms with Gasteiger partial charge in [-0.25, -0.2) is 4.98 Å². The minimum atomic E-state index is 0.526. The molecule has 0 saturated heterocycles. The lowest BCUT2D eigenvalue weighted by Crippen LogP contribution is -1.93. The molecular formula is C9H12N2O. The van der Waals surface area contributed by atoms with E-state index in [2.05, 4.69) is 4.98 Å². The van der Waals surface area contributed by atoms with Crippen molar-refractivity contribution in [1.82, 2.24) is 4.98 Å². The molecular weight excluding hydrogens is 152 g/mol. The Hall–Kier alpha value is -1.35. The second kappa shape index (κ2) is 4.51. The van der Waals surface area contributed by atoms with E-state index < -0.39 is 0 Å². The standard InChI is InChI=1S/C9H12N2O/c1-12-9-8(4-2-6-10)5-3-7-11-9/h2-5,7H,6,10H2,1H3. The zero-order valence-corrected chi connectivity index (χ0v) is 7.03. The zero-order valence-electron chi connectivity index (χ0n) is 7.03. The highest BCUT2D eigenvalue weighted by molar-refractivity contribution is 5.54. The normalized spacial score (nSPS) is 10.5. The van der Waals surface area contributed by atoms with Gasteiger partial charge in [-0.3, -0.25) is 0 Å². The molecule has 64 valence electrons. The number of aromatic nitrogens is 1. The summed E-state index contributed by atoms with van der Waals surface area (Å²) in [5.74, 6) is 0.627. The van der Waals surface area contributed by atoms with E-state index in [4.69, 9.17) is 10.5 Å². The molecule has 0 radical (unpaired) electrons. The highest BCUT2D eigenvalue weighted by atomic mass is 16.5. The minimum absolute atomic E-state index is 0.526. The molecule has 0 aliphatic carbocycles. The van der Waals surface area contributed by atoms with Crippen molar-refractivity contribution in [3.63, 3.8) is 0 Å². The minimum Gasteiger partial charge on any atom is -0.481 e. The molecule has 0 saturated carbocycles. The van der Waals surface area contributed by atoms with Gasteiger partial charge in [-0.1, -0.05) is 12.2 Å². The molecule has 1 aromatic rings. The molecule has 0 atom stereocenters. The number of rotatable bonds is 3. The molecule has 0 amide bonds. The van der Waals surface area contributed by atoms with Crippen molar-refractivity contribution in [2.24, 2.45) is 5.73 Å². The predicted molar refractivity (Wildman–Crippen MR) is 48.9 cm³/mol. The van der Waals surface area contributed by atoms with E-state index in [0.717, 1.165) is 5.56 Å². The number of hydrogen-bond acceptors (Lipinski definition) is 3. The maximum Gasteiger partial charge on any atom is 0.220 e. The van der Waals surface area contributed by atoms with Gasteiger partial charge in [0.15, 0.2) is 0 Å². The van der Waals surface area contributed by atoms with Gasteiger partial charge in [0, 0.05) is 18.3 Å². The van der Waals surface area contributed by atoms with Crippen LogP contribution in [-0.2, 0) is 0 Å². The number of pyridine rings is 1. The Morgan fingerprint density at radius 3 is 3.17 bits per heavy atom. The highest BCUT2D eigenvalue weighted by Gasteiger charge is 1.96. The van der Waals surface area contributed by atoms with Crippen LogP contribution in [-0.4, -0.2) is 18.6 Å². The summed E-state index contributed by atoms with van der Waals surface area (Å²) < 4.78 is 5.04. The van der Waals surface area contributed by atoms with Gasteiger partial charge in [0.1, 0.15) is 0 Å². The summed E-state index contributed by atoms with van der Waals surface area (Å²) >= 11 is 0. The summed E-state index contributed by atoms with van der Waals surface area (Å²) in [7, 11) is 1.60. The quantitative estimate of drug-likeness (QED) is 0.726. The number of methoxy groups -OCH3 is 1. The fourth-order valence-corrected chi connectivity index (χ4v) is 0.896. The van der Waals surface area contributed by atoms with Crippen LogP contribution in [0.15, 0.2) is 24.4 Å². The van der Waals surface area contributed by atoms with Crippen molar-refractivity contribution < 1.29 is 4.74 Å². The average molecular weight is 164 g/mol. The summed E-state index contributed by atoms with van der Waals surface area (Å²) in [6.07, 6.45) is 5.45. The van der Waals surface area contributed by atoms with Gasteiger partial charge < -0.3 is 10.5 Å². The lowest BCUT2D eigenvalue weighted by atomic mass is 10.2. The zero-order chi connectivity index (χ0) is 8.81. The third-order valence-corrected chi connectivity index (χ3v) is 1.43. The van der Waals surface area contributed by atoms with Crippen LogP contribution >= 0.6 is 0 Å². The number of hydrogen-bond donors (Lipinski definition) is 1. The molecule has 0 fully saturated rings. The number of ether oxygens (including phenoxy) is 1. The first-order valence-corrected chi connectivity index (χ1v) is 3.74. The van der Waals surface area contributed by atoms with Crippen molar-refractivity contribution >= 4 is 6.08 Å². The maximum absolute atomic E-state index is 5.32. The van der Waals surface area contributed by atoms with Crippen LogP contribution < -0.4 is 10.5 Å². The van der Waals surface area contributed by atoms with Crippen LogP contribution in [0.25, 0.3) is 6.08 Å². The first-order chi connectivity index (χ1) is 5.88. The smallest absolute Gasteiger partial charge is 0.220 e. The fourth-order valence-electron chi connectivity index (χ4n) is 0.896. The Morgan fingerprint density at radius 1 is 1.67 bits per heavy atom. The van der Waals surface area contributed by atoms with E-state index in [0.29, 0.717) is 12.4 Å². The van der Waals surface area contributed by atoms with Crippen LogP contribution in [0.4, 0.5) is 0 Å². The Kier molecular flexibility index (Phi) is 3.29. The molecule has 0 spiro atoms. The molecule has 12 heavy (non-hydrogen) atoms. The van der Waals surface area contributed by atoms with Crippen molar-refractivity contribution in [1.29, 1.82) is 0 Å².